The average molecular weight is 679 g/mol. The Morgan fingerprint density at radius 3 is 1.96 bits per heavy atom. The summed E-state index contributed by atoms with van der Waals surface area (Å²) in [6.07, 6.45) is -1.52. The van der Waals surface area contributed by atoms with Gasteiger partial charge in [0.2, 0.25) is 17.7 Å². The van der Waals surface area contributed by atoms with Crippen LogP contribution in [0.25, 0.3) is 0 Å². The van der Waals surface area contributed by atoms with E-state index in [4.69, 9.17) is 10.8 Å². The van der Waals surface area contributed by atoms with Crippen LogP contribution in [-0.2, 0) is 44.2 Å². The van der Waals surface area contributed by atoms with Crippen molar-refractivity contribution in [2.75, 3.05) is 18.1 Å². The Balaban J connectivity index is 2.89. The maximum absolute atomic E-state index is 13.0. The molecule has 0 fully saturated rings. The van der Waals surface area contributed by atoms with Gasteiger partial charge in [-0.05, 0) is 44.7 Å². The third kappa shape index (κ3) is 17.2. The molecule has 17 nitrogen and oxygen atoms in total. The number of hydrogen-bond acceptors (Lipinski definition) is 10. The lowest BCUT2D eigenvalue weighted by Gasteiger charge is -2.22. The van der Waals surface area contributed by atoms with Crippen molar-refractivity contribution in [1.82, 2.24) is 16.0 Å². The number of carbonyl (C=O) groups excluding carboxylic acids is 5. The van der Waals surface area contributed by atoms with Gasteiger partial charge in [-0.25, -0.2) is 0 Å². The Morgan fingerprint density at radius 2 is 1.42 bits per heavy atom. The van der Waals surface area contributed by atoms with Crippen LogP contribution >= 0.6 is 0 Å². The molecule has 45 heavy (non-hydrogen) atoms. The van der Waals surface area contributed by atoms with Crippen LogP contribution in [0.2, 0.25) is 0 Å². The number of carbonyl (C=O) groups is 6. The van der Waals surface area contributed by atoms with E-state index in [0.717, 1.165) is 5.56 Å². The van der Waals surface area contributed by atoms with Gasteiger partial charge in [-0.15, -0.1) is 0 Å². The predicted octanol–water partition coefficient (Wildman–Crippen LogP) is -1.04. The van der Waals surface area contributed by atoms with Crippen LogP contribution in [0.15, 0.2) is 24.3 Å². The van der Waals surface area contributed by atoms with Gasteiger partial charge in [0, 0.05) is 31.4 Å². The van der Waals surface area contributed by atoms with E-state index in [1.807, 2.05) is 12.2 Å². The molecule has 0 saturated carbocycles. The second-order valence-electron chi connectivity index (χ2n) is 10.3. The number of amides is 4. The topological polar surface area (TPSA) is 293 Å². The van der Waals surface area contributed by atoms with Crippen molar-refractivity contribution in [3.63, 3.8) is 0 Å². The second-order valence-corrected chi connectivity index (χ2v) is 13.3. The average Bonchev–Trinajstić information content (AvgIpc) is 2.89. The molecular formula is C26H38N4O13S2. The molecule has 252 valence electrons. The number of nitrogens with two attached hydrogens (primary N) is 1. The van der Waals surface area contributed by atoms with Crippen molar-refractivity contribution in [2.24, 2.45) is 11.7 Å². The first-order valence-electron chi connectivity index (χ1n) is 13.7. The number of carboxylic acids is 1. The molecule has 0 bridgehead atoms. The van der Waals surface area contributed by atoms with E-state index in [9.17, 15) is 54.7 Å². The van der Waals surface area contributed by atoms with E-state index in [1.54, 1.807) is 24.3 Å². The van der Waals surface area contributed by atoms with E-state index < -0.39 is 98.5 Å². The minimum Gasteiger partial charge on any atom is -0.481 e. The molecule has 1 rings (SSSR count). The number of carboxylic acid groups (broad SMARTS) is 1. The lowest BCUT2D eigenvalue weighted by Crippen LogP contribution is -2.50. The normalized spacial score (nSPS) is 13.6. The maximum atomic E-state index is 13.0. The Bertz CT molecular complexity index is 1450. The van der Waals surface area contributed by atoms with Crippen LogP contribution in [-0.4, -0.2) is 96.6 Å². The van der Waals surface area contributed by atoms with Crippen molar-refractivity contribution in [1.29, 1.82) is 0 Å². The van der Waals surface area contributed by atoms with Gasteiger partial charge in [0.05, 0.1) is 11.7 Å². The quantitative estimate of drug-likeness (QED) is 0.0604. The van der Waals surface area contributed by atoms with E-state index >= 15 is 0 Å². The van der Waals surface area contributed by atoms with E-state index in [-0.39, 0.29) is 31.7 Å². The first-order valence-corrected chi connectivity index (χ1v) is 16.9. The fraction of sp³-hybridized carbons (Fsp3) is 0.538. The van der Waals surface area contributed by atoms with Gasteiger partial charge in [-0.3, -0.25) is 37.9 Å². The number of aliphatic carboxylic acids is 1. The molecular weight excluding hydrogens is 640 g/mol. The van der Waals surface area contributed by atoms with Crippen molar-refractivity contribution < 1.29 is 59.8 Å². The Labute approximate surface area is 260 Å². The van der Waals surface area contributed by atoms with Gasteiger partial charge >= 0.3 is 5.97 Å². The molecule has 0 aromatic heterocycles. The first kappa shape index (κ1) is 39.1. The summed E-state index contributed by atoms with van der Waals surface area (Å²) in [5.74, 6) is -10.5. The third-order valence-corrected chi connectivity index (χ3v) is 7.88. The number of Topliss-reactive ketones (excluding diaryl/α,β-unsaturated/α-hetero) is 1. The van der Waals surface area contributed by atoms with Gasteiger partial charge in [-0.1, -0.05) is 17.7 Å². The largest absolute Gasteiger partial charge is 0.481 e. The molecule has 4 amide bonds. The molecule has 0 heterocycles. The molecule has 3 unspecified atom stereocenters. The number of nitrogens with one attached hydrogen (secondary N) is 3. The summed E-state index contributed by atoms with van der Waals surface area (Å²) in [6, 6.07) is 3.53. The number of benzene rings is 1. The van der Waals surface area contributed by atoms with Crippen LogP contribution in [0.1, 0.15) is 60.9 Å². The summed E-state index contributed by atoms with van der Waals surface area (Å²) >= 11 is 0. The Morgan fingerprint density at radius 1 is 0.822 bits per heavy atom. The van der Waals surface area contributed by atoms with Crippen molar-refractivity contribution in [3.05, 3.63) is 35.4 Å². The fourth-order valence-corrected chi connectivity index (χ4v) is 5.48. The van der Waals surface area contributed by atoms with E-state index in [2.05, 4.69) is 10.6 Å². The molecule has 0 aliphatic rings. The van der Waals surface area contributed by atoms with E-state index in [0.29, 0.717) is 12.0 Å². The third-order valence-electron chi connectivity index (χ3n) is 6.30. The summed E-state index contributed by atoms with van der Waals surface area (Å²) in [5.41, 5.74) is 6.78. The molecule has 0 spiro atoms. The molecule has 8 N–H and O–H groups in total. The van der Waals surface area contributed by atoms with Gasteiger partial charge < -0.3 is 26.8 Å². The molecule has 0 radical (unpaired) electrons. The number of hydrogen-bond donors (Lipinski definition) is 7. The molecule has 1 aromatic rings. The molecule has 0 aliphatic carbocycles. The number of aryl methyl sites for hydroxylation is 1. The minimum absolute atomic E-state index is 0.0498. The summed E-state index contributed by atoms with van der Waals surface area (Å²) in [6.45, 7) is 2.08. The van der Waals surface area contributed by atoms with Crippen LogP contribution < -0.4 is 21.7 Å². The van der Waals surface area contributed by atoms with Crippen LogP contribution in [0.3, 0.4) is 0 Å². The summed E-state index contributed by atoms with van der Waals surface area (Å²) < 4.78 is 64.7. The van der Waals surface area contributed by atoms with Crippen LogP contribution in [0, 0.1) is 12.8 Å². The molecule has 0 aliphatic heterocycles. The van der Waals surface area contributed by atoms with E-state index in [1.165, 1.54) is 0 Å². The maximum Gasteiger partial charge on any atom is 0.303 e. The zero-order chi connectivity index (χ0) is 34.4. The van der Waals surface area contributed by atoms with Gasteiger partial charge in [-0.2, -0.15) is 16.8 Å². The number of primary amides is 1. The van der Waals surface area contributed by atoms with Crippen molar-refractivity contribution >= 4 is 55.6 Å². The Hall–Kier alpha value is -3.94. The molecule has 3 atom stereocenters. The summed E-state index contributed by atoms with van der Waals surface area (Å²) in [4.78, 5) is 72.8. The summed E-state index contributed by atoms with van der Waals surface area (Å²) in [7, 11) is -9.80. The first-order chi connectivity index (χ1) is 20.8. The minimum atomic E-state index is -4.91. The predicted molar refractivity (Wildman–Crippen MR) is 158 cm³/mol. The van der Waals surface area contributed by atoms with Crippen molar-refractivity contribution in [2.45, 2.75) is 64.0 Å². The second kappa shape index (κ2) is 18.1. The number of ketones is 1. The highest BCUT2D eigenvalue weighted by Gasteiger charge is 2.34. The van der Waals surface area contributed by atoms with Crippen LogP contribution in [0.5, 0.6) is 0 Å². The lowest BCUT2D eigenvalue weighted by atomic mass is 9.98. The highest BCUT2D eigenvalue weighted by molar-refractivity contribution is 7.86. The summed E-state index contributed by atoms with van der Waals surface area (Å²) in [5, 5.41) is 15.6. The number of rotatable bonds is 21. The fourth-order valence-electron chi connectivity index (χ4n) is 4.02. The van der Waals surface area contributed by atoms with Gasteiger partial charge in [0.1, 0.15) is 17.8 Å². The molecule has 0 saturated heterocycles. The van der Waals surface area contributed by atoms with Gasteiger partial charge in [0.15, 0.2) is 5.78 Å². The highest BCUT2D eigenvalue weighted by atomic mass is 32.2. The monoisotopic (exact) mass is 678 g/mol. The van der Waals surface area contributed by atoms with Crippen LogP contribution in [0.4, 0.5) is 0 Å². The smallest absolute Gasteiger partial charge is 0.303 e. The highest BCUT2D eigenvalue weighted by Crippen LogP contribution is 2.13. The SMILES string of the molecule is Cc1ccc(C(=O)NCCCCC(NC(=O)C(CC(=O)C(CS(=O)(=O)O)NC(=O)CCCC(=O)O)CS(=O)(=O)O)C(N)=O)cc1. The Kier molecular flexibility index (Phi) is 15.7. The van der Waals surface area contributed by atoms with Crippen molar-refractivity contribution in [3.8, 4) is 0 Å². The lowest BCUT2D eigenvalue weighted by molar-refractivity contribution is -0.137. The number of unbranched alkanes of at least 4 members (excludes halogenated alkanes) is 1. The molecule has 1 aromatic carbocycles. The zero-order valence-electron chi connectivity index (χ0n) is 24.4. The zero-order valence-corrected chi connectivity index (χ0v) is 26.1. The van der Waals surface area contributed by atoms with Gasteiger partial charge in [0.25, 0.3) is 26.1 Å². The standard InChI is InChI=1S/C26H38N4O13S2/c1-16-8-10-17(11-9-16)25(36)28-12-3-2-5-19(24(27)35)30-26(37)18(14-44(38,39)40)13-21(31)20(15-45(41,42)43)29-22(32)6-4-7-23(33)34/h8-11,18-20H,2-7,12-15H2,1H3,(H2,27,35)(H,28,36)(H,29,32)(H,30,37)(H,33,34)(H,38,39,40)(H,41,42,43). The molecule has 19 heteroatoms.